The Morgan fingerprint density at radius 3 is 2.70 bits per heavy atom. The van der Waals surface area contributed by atoms with Crippen LogP contribution >= 0.6 is 11.3 Å². The lowest BCUT2D eigenvalue weighted by molar-refractivity contribution is 0.0951. The number of nitrogens with two attached hydrogens (primary N) is 1. The summed E-state index contributed by atoms with van der Waals surface area (Å²) in [4.78, 5) is 21.3. The van der Waals surface area contributed by atoms with Gasteiger partial charge in [0, 0.05) is 29.9 Å². The van der Waals surface area contributed by atoms with Gasteiger partial charge in [0.2, 0.25) is 0 Å². The highest BCUT2D eigenvalue weighted by molar-refractivity contribution is 7.07. The van der Waals surface area contributed by atoms with Gasteiger partial charge in [0.1, 0.15) is 17.8 Å². The SMILES string of the molecule is CCC(CC)n1cc(C#Cc2cc(C(=O)NCc3ccsc3)ccc2C)c2c(N)ncnc21. The molecule has 0 spiro atoms. The predicted molar refractivity (Wildman–Crippen MR) is 134 cm³/mol. The van der Waals surface area contributed by atoms with E-state index in [1.165, 1.54) is 6.33 Å². The van der Waals surface area contributed by atoms with E-state index >= 15 is 0 Å². The smallest absolute Gasteiger partial charge is 0.251 e. The fourth-order valence-corrected chi connectivity index (χ4v) is 4.54. The number of carbonyl (C=O) groups is 1. The number of anilines is 1. The maximum Gasteiger partial charge on any atom is 0.251 e. The number of aromatic nitrogens is 3. The molecule has 3 aromatic heterocycles. The quantitative estimate of drug-likeness (QED) is 0.396. The molecule has 0 aliphatic heterocycles. The van der Waals surface area contributed by atoms with Crippen molar-refractivity contribution in [1.82, 2.24) is 19.9 Å². The third kappa shape index (κ3) is 4.76. The Bertz CT molecular complexity index is 1340. The van der Waals surface area contributed by atoms with Gasteiger partial charge >= 0.3 is 0 Å². The van der Waals surface area contributed by atoms with Crippen LogP contribution in [0.1, 0.15) is 65.3 Å². The van der Waals surface area contributed by atoms with Crippen molar-refractivity contribution in [3.63, 3.8) is 0 Å². The second-order valence-electron chi connectivity index (χ2n) is 7.97. The number of carbonyl (C=O) groups excluding carboxylic acids is 1. The first kappa shape index (κ1) is 22.6. The van der Waals surface area contributed by atoms with Crippen LogP contribution in [-0.2, 0) is 6.54 Å². The summed E-state index contributed by atoms with van der Waals surface area (Å²) in [5.74, 6) is 6.82. The summed E-state index contributed by atoms with van der Waals surface area (Å²) < 4.78 is 2.15. The van der Waals surface area contributed by atoms with E-state index in [0.717, 1.165) is 46.1 Å². The van der Waals surface area contributed by atoms with Crippen LogP contribution in [0.15, 0.2) is 47.5 Å². The van der Waals surface area contributed by atoms with Gasteiger partial charge in [-0.1, -0.05) is 31.8 Å². The summed E-state index contributed by atoms with van der Waals surface area (Å²) in [5.41, 5.74) is 11.3. The lowest BCUT2D eigenvalue weighted by atomic mass is 10.0. The molecule has 3 N–H and O–H groups in total. The Morgan fingerprint density at radius 2 is 1.97 bits per heavy atom. The van der Waals surface area contributed by atoms with Crippen LogP contribution in [-0.4, -0.2) is 20.4 Å². The number of nitrogens with one attached hydrogen (secondary N) is 1. The molecule has 0 bridgehead atoms. The van der Waals surface area contributed by atoms with Crippen LogP contribution < -0.4 is 11.1 Å². The molecule has 0 unspecified atom stereocenters. The monoisotopic (exact) mass is 457 g/mol. The molecule has 1 amide bonds. The van der Waals surface area contributed by atoms with Crippen molar-refractivity contribution < 1.29 is 4.79 Å². The van der Waals surface area contributed by atoms with Crippen molar-refractivity contribution in [2.45, 2.75) is 46.2 Å². The van der Waals surface area contributed by atoms with E-state index in [1.54, 1.807) is 11.3 Å². The molecule has 33 heavy (non-hydrogen) atoms. The second kappa shape index (κ2) is 9.88. The van der Waals surface area contributed by atoms with Gasteiger partial charge in [-0.3, -0.25) is 4.79 Å². The molecule has 3 heterocycles. The zero-order chi connectivity index (χ0) is 23.4. The molecule has 4 rings (SSSR count). The summed E-state index contributed by atoms with van der Waals surface area (Å²) in [5, 5.41) is 7.77. The molecule has 0 saturated carbocycles. The summed E-state index contributed by atoms with van der Waals surface area (Å²) in [6.07, 6.45) is 5.49. The number of benzene rings is 1. The molecule has 7 heteroatoms. The maximum atomic E-state index is 12.6. The van der Waals surface area contributed by atoms with E-state index in [4.69, 9.17) is 5.73 Å². The minimum atomic E-state index is -0.118. The Labute approximate surface area is 197 Å². The number of thiophene rings is 1. The zero-order valence-electron chi connectivity index (χ0n) is 19.1. The Kier molecular flexibility index (Phi) is 6.76. The summed E-state index contributed by atoms with van der Waals surface area (Å²) >= 11 is 1.61. The number of nitrogen functional groups attached to an aromatic ring is 1. The van der Waals surface area contributed by atoms with Crippen molar-refractivity contribution in [1.29, 1.82) is 0 Å². The van der Waals surface area contributed by atoms with Gasteiger partial charge in [-0.2, -0.15) is 11.3 Å². The highest BCUT2D eigenvalue weighted by Gasteiger charge is 2.16. The van der Waals surface area contributed by atoms with E-state index in [-0.39, 0.29) is 5.91 Å². The highest BCUT2D eigenvalue weighted by Crippen LogP contribution is 2.28. The predicted octanol–water partition coefficient (Wildman–Crippen LogP) is 5.07. The van der Waals surface area contributed by atoms with Crippen LogP contribution in [0.4, 0.5) is 5.82 Å². The van der Waals surface area contributed by atoms with Crippen LogP contribution in [0.2, 0.25) is 0 Å². The molecule has 0 atom stereocenters. The number of hydrogen-bond donors (Lipinski definition) is 2. The Balaban J connectivity index is 1.67. The number of nitrogens with zero attached hydrogens (tertiary/aromatic N) is 3. The average Bonchev–Trinajstić information content (AvgIpc) is 3.47. The lowest BCUT2D eigenvalue weighted by Crippen LogP contribution is -2.22. The Hall–Kier alpha value is -3.63. The maximum absolute atomic E-state index is 12.6. The van der Waals surface area contributed by atoms with Crippen LogP contribution in [0.25, 0.3) is 11.0 Å². The zero-order valence-corrected chi connectivity index (χ0v) is 19.9. The van der Waals surface area contributed by atoms with Crippen molar-refractivity contribution in [3.05, 3.63) is 75.4 Å². The highest BCUT2D eigenvalue weighted by atomic mass is 32.1. The van der Waals surface area contributed by atoms with E-state index < -0.39 is 0 Å². The number of rotatable bonds is 6. The number of amides is 1. The van der Waals surface area contributed by atoms with Gasteiger partial charge in [-0.15, -0.1) is 0 Å². The van der Waals surface area contributed by atoms with Crippen LogP contribution in [0.3, 0.4) is 0 Å². The third-order valence-corrected chi connectivity index (χ3v) is 6.57. The first-order valence-corrected chi connectivity index (χ1v) is 12.0. The molecule has 0 fully saturated rings. The number of hydrogen-bond acceptors (Lipinski definition) is 5. The fourth-order valence-electron chi connectivity index (χ4n) is 3.87. The van der Waals surface area contributed by atoms with Crippen molar-refractivity contribution in [2.75, 3.05) is 5.73 Å². The van der Waals surface area contributed by atoms with E-state index in [2.05, 4.69) is 45.5 Å². The molecule has 0 saturated heterocycles. The number of fused-ring (bicyclic) bond motifs is 1. The van der Waals surface area contributed by atoms with Gasteiger partial charge in [-0.05, 0) is 59.9 Å². The van der Waals surface area contributed by atoms with Crippen molar-refractivity contribution >= 4 is 34.1 Å². The lowest BCUT2D eigenvalue weighted by Gasteiger charge is -2.15. The largest absolute Gasteiger partial charge is 0.383 e. The van der Waals surface area contributed by atoms with Crippen LogP contribution in [0.5, 0.6) is 0 Å². The van der Waals surface area contributed by atoms with E-state index in [1.807, 2.05) is 48.1 Å². The second-order valence-corrected chi connectivity index (χ2v) is 8.75. The molecule has 4 aromatic rings. The number of aryl methyl sites for hydroxylation is 1. The van der Waals surface area contributed by atoms with Crippen LogP contribution in [0, 0.1) is 18.8 Å². The molecule has 0 radical (unpaired) electrons. The van der Waals surface area contributed by atoms with Gasteiger partial charge in [-0.25, -0.2) is 9.97 Å². The average molecular weight is 458 g/mol. The minimum absolute atomic E-state index is 0.118. The molecule has 6 nitrogen and oxygen atoms in total. The molecule has 168 valence electrons. The molecule has 0 aliphatic rings. The topological polar surface area (TPSA) is 85.8 Å². The van der Waals surface area contributed by atoms with Crippen molar-refractivity contribution in [3.8, 4) is 11.8 Å². The van der Waals surface area contributed by atoms with Gasteiger partial charge in [0.15, 0.2) is 0 Å². The van der Waals surface area contributed by atoms with E-state index in [0.29, 0.717) is 24.0 Å². The third-order valence-electron chi connectivity index (χ3n) is 5.84. The fraction of sp³-hybridized carbons (Fsp3) is 0.269. The Morgan fingerprint density at radius 1 is 1.18 bits per heavy atom. The molecular weight excluding hydrogens is 430 g/mol. The minimum Gasteiger partial charge on any atom is -0.383 e. The molecular formula is C26H27N5OS. The first-order valence-electron chi connectivity index (χ1n) is 11.0. The molecule has 0 aliphatic carbocycles. The summed E-state index contributed by atoms with van der Waals surface area (Å²) in [6.45, 7) is 6.82. The molecule has 1 aromatic carbocycles. The van der Waals surface area contributed by atoms with Crippen molar-refractivity contribution in [2.24, 2.45) is 0 Å². The van der Waals surface area contributed by atoms with Gasteiger partial charge in [0.25, 0.3) is 5.91 Å². The first-order chi connectivity index (χ1) is 16.0. The summed E-state index contributed by atoms with van der Waals surface area (Å²) in [6, 6.07) is 7.91. The van der Waals surface area contributed by atoms with Gasteiger partial charge < -0.3 is 15.6 Å². The van der Waals surface area contributed by atoms with E-state index in [9.17, 15) is 4.79 Å². The standard InChI is InChI=1S/C26H27N5OS/c1-4-22(5-2)31-14-21(23-24(27)29-16-30-25(23)31)9-8-19-12-20(7-6-17(19)3)26(32)28-13-18-10-11-33-15-18/h6-7,10-12,14-16,22H,4-5,13H2,1-3H3,(H,28,32)(H2,27,29,30). The summed E-state index contributed by atoms with van der Waals surface area (Å²) in [7, 11) is 0. The normalized spacial score (nSPS) is 10.9. The van der Waals surface area contributed by atoms with Gasteiger partial charge in [0.05, 0.1) is 10.9 Å².